The molecule has 0 unspecified atom stereocenters. The zero-order valence-electron chi connectivity index (χ0n) is 11.7. The van der Waals surface area contributed by atoms with Crippen molar-refractivity contribution in [1.82, 2.24) is 0 Å². The average Bonchev–Trinajstić information content (AvgIpc) is 2.33. The lowest BCUT2D eigenvalue weighted by Gasteiger charge is -2.09. The lowest BCUT2D eigenvalue weighted by molar-refractivity contribution is -0.130. The molecule has 0 radical (unpaired) electrons. The number of hydrogen-bond acceptors (Lipinski definition) is 3. The molecule has 18 heavy (non-hydrogen) atoms. The summed E-state index contributed by atoms with van der Waals surface area (Å²) in [6.07, 6.45) is 1.25. The van der Waals surface area contributed by atoms with Crippen molar-refractivity contribution in [3.05, 3.63) is 36.4 Å². The molecule has 0 amide bonds. The van der Waals surface area contributed by atoms with E-state index in [2.05, 4.69) is 20.4 Å². The fourth-order valence-corrected chi connectivity index (χ4v) is 0.996. The molecule has 0 N–H and O–H groups in total. The van der Waals surface area contributed by atoms with Crippen molar-refractivity contribution in [1.29, 1.82) is 0 Å². The Labute approximate surface area is 109 Å². The number of esters is 1. The maximum Gasteiger partial charge on any atom is 0.338 e. The fraction of sp³-hybridized carbons (Fsp3) is 0.400. The van der Waals surface area contributed by atoms with E-state index in [1.807, 2.05) is 13.0 Å². The first-order valence-electron chi connectivity index (χ1n) is 6.16. The summed E-state index contributed by atoms with van der Waals surface area (Å²) in [6.45, 7) is 11.8. The molecule has 3 nitrogen and oxygen atoms in total. The smallest absolute Gasteiger partial charge is 0.338 e. The van der Waals surface area contributed by atoms with Gasteiger partial charge in [-0.2, -0.15) is 0 Å². The second-order valence-electron chi connectivity index (χ2n) is 3.76. The van der Waals surface area contributed by atoms with Crippen LogP contribution in [0.25, 0.3) is 0 Å². The van der Waals surface area contributed by atoms with Gasteiger partial charge in [0.05, 0.1) is 6.61 Å². The van der Waals surface area contributed by atoms with E-state index < -0.39 is 5.97 Å². The number of carbonyl (C=O) groups excluding carboxylic acids is 1. The van der Waals surface area contributed by atoms with Crippen LogP contribution in [-0.4, -0.2) is 12.6 Å². The van der Waals surface area contributed by atoms with E-state index in [0.717, 1.165) is 0 Å². The lowest BCUT2D eigenvalue weighted by Crippen LogP contribution is -2.09. The zero-order chi connectivity index (χ0) is 14.0. The minimum absolute atomic E-state index is 0.362. The molecule has 0 aromatic heterocycles. The Kier molecular flexibility index (Phi) is 8.37. The summed E-state index contributed by atoms with van der Waals surface area (Å²) in [4.78, 5) is 11.3. The van der Waals surface area contributed by atoms with Gasteiger partial charge in [0.15, 0.2) is 11.5 Å². The third kappa shape index (κ3) is 6.09. The minimum Gasteiger partial charge on any atom is -0.490 e. The van der Waals surface area contributed by atoms with Crippen LogP contribution in [-0.2, 0) is 4.79 Å². The molecule has 0 heterocycles. The van der Waals surface area contributed by atoms with Crippen molar-refractivity contribution < 1.29 is 14.3 Å². The van der Waals surface area contributed by atoms with Crippen molar-refractivity contribution >= 4 is 5.97 Å². The summed E-state index contributed by atoms with van der Waals surface area (Å²) in [6, 6.07) is 7.04. The van der Waals surface area contributed by atoms with Gasteiger partial charge in [0.2, 0.25) is 0 Å². The van der Waals surface area contributed by atoms with Crippen molar-refractivity contribution in [3.8, 4) is 11.5 Å². The molecule has 0 aliphatic carbocycles. The highest BCUT2D eigenvalue weighted by molar-refractivity contribution is 5.89. The summed E-state index contributed by atoms with van der Waals surface area (Å²) < 4.78 is 10.4. The molecule has 0 spiro atoms. The normalized spacial score (nSPS) is 8.89. The van der Waals surface area contributed by atoms with Crippen LogP contribution < -0.4 is 9.47 Å². The molecule has 1 aromatic rings. The van der Waals surface area contributed by atoms with E-state index in [-0.39, 0.29) is 0 Å². The van der Waals surface area contributed by atoms with Crippen LogP contribution in [0.2, 0.25) is 0 Å². The zero-order valence-corrected chi connectivity index (χ0v) is 11.7. The Hall–Kier alpha value is -1.77. The van der Waals surface area contributed by atoms with Gasteiger partial charge in [-0.25, -0.2) is 4.79 Å². The van der Waals surface area contributed by atoms with E-state index in [1.54, 1.807) is 25.1 Å². The predicted octanol–water partition coefficient (Wildman–Crippen LogP) is 3.98. The van der Waals surface area contributed by atoms with Crippen molar-refractivity contribution in [2.75, 3.05) is 6.61 Å². The van der Waals surface area contributed by atoms with Crippen LogP contribution in [0.15, 0.2) is 36.4 Å². The number of benzene rings is 1. The van der Waals surface area contributed by atoms with Crippen LogP contribution >= 0.6 is 0 Å². The van der Waals surface area contributed by atoms with Crippen LogP contribution in [0.5, 0.6) is 11.5 Å². The maximum absolute atomic E-state index is 11.3. The Morgan fingerprint density at radius 3 is 2.11 bits per heavy atom. The highest BCUT2D eigenvalue weighted by atomic mass is 16.6. The fourth-order valence-electron chi connectivity index (χ4n) is 0.996. The molecule has 1 aromatic carbocycles. The highest BCUT2D eigenvalue weighted by Gasteiger charge is 2.09. The third-order valence-corrected chi connectivity index (χ3v) is 1.70. The monoisotopic (exact) mass is 250 g/mol. The van der Waals surface area contributed by atoms with E-state index >= 15 is 0 Å². The molecule has 100 valence electrons. The molecule has 0 saturated heterocycles. The van der Waals surface area contributed by atoms with Gasteiger partial charge in [-0.3, -0.25) is 0 Å². The van der Waals surface area contributed by atoms with Gasteiger partial charge in [-0.05, 0) is 26.0 Å². The molecule has 0 saturated carbocycles. The van der Waals surface area contributed by atoms with Crippen molar-refractivity contribution in [2.24, 2.45) is 0 Å². The molecule has 0 aliphatic rings. The lowest BCUT2D eigenvalue weighted by atomic mass is 10.3. The number of para-hydroxylation sites is 2. The van der Waals surface area contributed by atoms with Crippen LogP contribution in [0, 0.1) is 0 Å². The number of rotatable bonds is 4. The molecule has 3 heteroatoms. The van der Waals surface area contributed by atoms with Crippen LogP contribution in [0.4, 0.5) is 0 Å². The van der Waals surface area contributed by atoms with Crippen LogP contribution in [0.3, 0.4) is 0 Å². The first-order chi connectivity index (χ1) is 8.56. The maximum atomic E-state index is 11.3. The van der Waals surface area contributed by atoms with Gasteiger partial charge in [-0.15, -0.1) is 0 Å². The second-order valence-corrected chi connectivity index (χ2v) is 3.76. The van der Waals surface area contributed by atoms with E-state index in [4.69, 9.17) is 9.47 Å². The SMILES string of the molecule is C=C(C)C(=O)Oc1ccccc1OCC.CCC. The topological polar surface area (TPSA) is 35.5 Å². The summed E-state index contributed by atoms with van der Waals surface area (Å²) in [5.41, 5.74) is 0.362. The van der Waals surface area contributed by atoms with Gasteiger partial charge >= 0.3 is 5.97 Å². The Morgan fingerprint density at radius 1 is 1.17 bits per heavy atom. The standard InChI is InChI=1S/C12H14O3.C3H8/c1-4-14-10-7-5-6-8-11(10)15-12(13)9(2)3;1-3-2/h5-8H,2,4H2,1,3H3;3H2,1-2H3. The predicted molar refractivity (Wildman–Crippen MR) is 74.0 cm³/mol. The van der Waals surface area contributed by atoms with Gasteiger partial charge in [0.1, 0.15) is 0 Å². The first kappa shape index (κ1) is 16.2. The molecule has 0 bridgehead atoms. The van der Waals surface area contributed by atoms with E-state index in [0.29, 0.717) is 23.7 Å². The number of ether oxygens (including phenoxy) is 2. The molecule has 1 rings (SSSR count). The minimum atomic E-state index is -0.442. The highest BCUT2D eigenvalue weighted by Crippen LogP contribution is 2.26. The number of carbonyl (C=O) groups is 1. The Morgan fingerprint density at radius 2 is 1.67 bits per heavy atom. The quantitative estimate of drug-likeness (QED) is 0.460. The van der Waals surface area contributed by atoms with Crippen molar-refractivity contribution in [2.45, 2.75) is 34.1 Å². The second kappa shape index (κ2) is 9.28. The summed E-state index contributed by atoms with van der Waals surface area (Å²) in [5, 5.41) is 0. The van der Waals surface area contributed by atoms with Gasteiger partial charge in [-0.1, -0.05) is 39.0 Å². The largest absolute Gasteiger partial charge is 0.490 e. The Bertz CT molecular complexity index is 383. The summed E-state index contributed by atoms with van der Waals surface area (Å²) in [5.74, 6) is 0.545. The summed E-state index contributed by atoms with van der Waals surface area (Å²) >= 11 is 0. The average molecular weight is 250 g/mol. The van der Waals surface area contributed by atoms with E-state index in [1.165, 1.54) is 6.42 Å². The van der Waals surface area contributed by atoms with Crippen molar-refractivity contribution in [3.63, 3.8) is 0 Å². The van der Waals surface area contributed by atoms with Crippen LogP contribution in [0.1, 0.15) is 34.1 Å². The molecule has 0 fully saturated rings. The third-order valence-electron chi connectivity index (χ3n) is 1.70. The van der Waals surface area contributed by atoms with Gasteiger partial charge < -0.3 is 9.47 Å². The molecular formula is C15H22O3. The molecule has 0 aliphatic heterocycles. The van der Waals surface area contributed by atoms with E-state index in [9.17, 15) is 4.79 Å². The summed E-state index contributed by atoms with van der Waals surface area (Å²) in [7, 11) is 0. The molecule has 0 atom stereocenters. The first-order valence-corrected chi connectivity index (χ1v) is 6.16. The number of hydrogen-bond donors (Lipinski definition) is 0. The van der Waals surface area contributed by atoms with Gasteiger partial charge in [0.25, 0.3) is 0 Å². The Balaban J connectivity index is 0.000000873. The van der Waals surface area contributed by atoms with Gasteiger partial charge in [0, 0.05) is 5.57 Å². The molecular weight excluding hydrogens is 228 g/mol.